The largest absolute Gasteiger partial charge is 0.748 e. The Balaban J connectivity index is 1.49. The van der Waals surface area contributed by atoms with E-state index in [-0.39, 0.29) is 12.2 Å². The molecule has 1 aromatic heterocycles. The number of unbranched alkanes of at least 4 members (excludes halogenated alkanes) is 2. The van der Waals surface area contributed by atoms with Crippen molar-refractivity contribution in [1.82, 2.24) is 5.48 Å². The summed E-state index contributed by atoms with van der Waals surface area (Å²) < 4.78 is 76.9. The Labute approximate surface area is 276 Å². The van der Waals surface area contributed by atoms with Crippen LogP contribution in [-0.4, -0.2) is 53.1 Å². The average molecular weight is 682 g/mol. The second kappa shape index (κ2) is 15.3. The molecule has 0 bridgehead atoms. The summed E-state index contributed by atoms with van der Waals surface area (Å²) in [6.07, 6.45) is 3.57. The van der Waals surface area contributed by atoms with Crippen LogP contribution < -0.4 is 24.4 Å². The minimum atomic E-state index is -4.31. The van der Waals surface area contributed by atoms with Crippen LogP contribution >= 0.6 is 0 Å². The standard InChI is InChI=1S/C34H39N3O8S2/c1-3-35-45-47(41,42)22-10-8-20-37-32-24-27(26-11-5-4-6-12-26)14-18-33(32)44-34(37)25-29-15-13-28-23-30(43-2)16-17-31(28)36(29)19-7-9-21-46(38,39)40/h4-6,11-18,23-25,35H,3,7-10,19-22H2,1-2H3. The Kier molecular flexibility index (Phi) is 11.1. The molecule has 1 aliphatic rings. The summed E-state index contributed by atoms with van der Waals surface area (Å²) in [7, 11) is -6.40. The predicted octanol–water partition coefficient (Wildman–Crippen LogP) is 4.98. The predicted molar refractivity (Wildman–Crippen MR) is 180 cm³/mol. The molecular weight excluding hydrogens is 643 g/mol. The van der Waals surface area contributed by atoms with E-state index in [0.29, 0.717) is 56.3 Å². The normalized spacial score (nSPS) is 14.0. The van der Waals surface area contributed by atoms with Gasteiger partial charge in [-0.3, -0.25) is 0 Å². The Bertz CT molecular complexity index is 1950. The third kappa shape index (κ3) is 9.08. The van der Waals surface area contributed by atoms with Crippen LogP contribution in [0.25, 0.3) is 28.1 Å². The molecule has 1 N–H and O–H groups in total. The second-order valence-corrected chi connectivity index (χ2v) is 14.4. The molecule has 13 heteroatoms. The van der Waals surface area contributed by atoms with Crippen molar-refractivity contribution in [3.63, 3.8) is 0 Å². The number of hydrogen-bond acceptors (Lipinski definition) is 10. The summed E-state index contributed by atoms with van der Waals surface area (Å²) in [5.41, 5.74) is 7.06. The summed E-state index contributed by atoms with van der Waals surface area (Å²) in [5.74, 6) is 1.41. The van der Waals surface area contributed by atoms with E-state index < -0.39 is 26.0 Å². The molecule has 0 saturated carbocycles. The molecule has 11 nitrogen and oxygen atoms in total. The van der Waals surface area contributed by atoms with E-state index in [9.17, 15) is 21.4 Å². The van der Waals surface area contributed by atoms with Gasteiger partial charge in [0.25, 0.3) is 10.1 Å². The number of nitrogens with zero attached hydrogens (tertiary/aromatic N) is 2. The molecular formula is C34H39N3O8S2. The topological polar surface area (TPSA) is 138 Å². The highest BCUT2D eigenvalue weighted by Crippen LogP contribution is 2.42. The van der Waals surface area contributed by atoms with Crippen molar-refractivity contribution in [3.8, 4) is 22.6 Å². The zero-order chi connectivity index (χ0) is 33.4. The van der Waals surface area contributed by atoms with E-state index in [4.69, 9.17) is 13.8 Å². The van der Waals surface area contributed by atoms with Gasteiger partial charge in [0.1, 0.15) is 12.3 Å². The number of pyridine rings is 1. The minimum Gasteiger partial charge on any atom is -0.748 e. The van der Waals surface area contributed by atoms with Gasteiger partial charge in [-0.15, -0.1) is 0 Å². The monoisotopic (exact) mass is 681 g/mol. The van der Waals surface area contributed by atoms with E-state index >= 15 is 0 Å². The van der Waals surface area contributed by atoms with Crippen molar-refractivity contribution in [2.45, 2.75) is 39.2 Å². The third-order valence-electron chi connectivity index (χ3n) is 7.76. The molecule has 4 aromatic rings. The number of ether oxygens (including phenoxy) is 2. The molecule has 0 spiro atoms. The van der Waals surface area contributed by atoms with Gasteiger partial charge < -0.3 is 18.9 Å². The summed E-state index contributed by atoms with van der Waals surface area (Å²) in [4.78, 5) is 2.05. The van der Waals surface area contributed by atoms with E-state index in [1.165, 1.54) is 0 Å². The first kappa shape index (κ1) is 34.3. The SMILES string of the molecule is CCNOS(=O)(=O)CCCCN1/C(=C/c2ccc3cc(OC)ccc3[n+]2CCCCS(=O)(=O)[O-])Oc2ccc(-c3ccccc3)cc21. The maximum atomic E-state index is 12.2. The lowest BCUT2D eigenvalue weighted by molar-refractivity contribution is -0.673. The number of hydrogen-bond donors (Lipinski definition) is 1. The van der Waals surface area contributed by atoms with Crippen molar-refractivity contribution in [1.29, 1.82) is 0 Å². The summed E-state index contributed by atoms with van der Waals surface area (Å²) in [6.45, 7) is 3.08. The fraction of sp³-hybridized carbons (Fsp3) is 0.324. The van der Waals surface area contributed by atoms with Gasteiger partial charge in [0.15, 0.2) is 5.75 Å². The molecule has 250 valence electrons. The van der Waals surface area contributed by atoms with Crippen molar-refractivity contribution < 1.29 is 39.7 Å². The number of anilines is 1. The highest BCUT2D eigenvalue weighted by molar-refractivity contribution is 7.86. The highest BCUT2D eigenvalue weighted by Gasteiger charge is 2.29. The van der Waals surface area contributed by atoms with Crippen LogP contribution in [0, 0.1) is 0 Å². The Morgan fingerprint density at radius 2 is 1.68 bits per heavy atom. The Morgan fingerprint density at radius 1 is 0.894 bits per heavy atom. The zero-order valence-electron chi connectivity index (χ0n) is 26.4. The second-order valence-electron chi connectivity index (χ2n) is 11.1. The van der Waals surface area contributed by atoms with Gasteiger partial charge in [-0.1, -0.05) is 43.3 Å². The lowest BCUT2D eigenvalue weighted by atomic mass is 10.0. The average Bonchev–Trinajstić information content (AvgIpc) is 3.40. The molecule has 1 aliphatic heterocycles. The van der Waals surface area contributed by atoms with Crippen LogP contribution in [0.4, 0.5) is 5.69 Å². The number of aromatic nitrogens is 1. The number of nitrogens with one attached hydrogen (secondary N) is 1. The molecule has 0 amide bonds. The molecule has 0 saturated heterocycles. The number of fused-ring (bicyclic) bond motifs is 2. The smallest absolute Gasteiger partial charge is 0.283 e. The van der Waals surface area contributed by atoms with Crippen LogP contribution in [0.2, 0.25) is 0 Å². The molecule has 0 unspecified atom stereocenters. The number of hydroxylamine groups is 1. The maximum Gasteiger partial charge on any atom is 0.283 e. The first-order chi connectivity index (χ1) is 22.6. The van der Waals surface area contributed by atoms with Crippen molar-refractivity contribution >= 4 is 42.9 Å². The number of rotatable bonds is 16. The lowest BCUT2D eigenvalue weighted by Gasteiger charge is -2.19. The minimum absolute atomic E-state index is 0.127. The molecule has 3 aromatic carbocycles. The fourth-order valence-corrected chi connectivity index (χ4v) is 6.98. The van der Waals surface area contributed by atoms with E-state index in [2.05, 4.69) is 16.1 Å². The number of aryl methyl sites for hydroxylation is 1. The summed E-state index contributed by atoms with van der Waals surface area (Å²) >= 11 is 0. The highest BCUT2D eigenvalue weighted by atomic mass is 32.2. The first-order valence-electron chi connectivity index (χ1n) is 15.5. The van der Waals surface area contributed by atoms with Crippen molar-refractivity contribution in [2.24, 2.45) is 0 Å². The van der Waals surface area contributed by atoms with Gasteiger partial charge in [-0.25, -0.2) is 8.42 Å². The molecule has 0 radical (unpaired) electrons. The molecule has 0 fully saturated rings. The quantitative estimate of drug-likeness (QED) is 0.0746. The van der Waals surface area contributed by atoms with Gasteiger partial charge in [0.05, 0.1) is 40.1 Å². The molecule has 0 aliphatic carbocycles. The Morgan fingerprint density at radius 3 is 2.43 bits per heavy atom. The molecule has 47 heavy (non-hydrogen) atoms. The van der Waals surface area contributed by atoms with Crippen LogP contribution in [0.3, 0.4) is 0 Å². The van der Waals surface area contributed by atoms with E-state index in [1.807, 2.05) is 83.8 Å². The van der Waals surface area contributed by atoms with Crippen molar-refractivity contribution in [2.75, 3.05) is 36.6 Å². The van der Waals surface area contributed by atoms with Crippen LogP contribution in [0.1, 0.15) is 38.3 Å². The third-order valence-corrected chi connectivity index (χ3v) is 9.71. The van der Waals surface area contributed by atoms with Gasteiger partial charge >= 0.3 is 0 Å². The van der Waals surface area contributed by atoms with Crippen molar-refractivity contribution in [3.05, 3.63) is 90.4 Å². The van der Waals surface area contributed by atoms with E-state index in [0.717, 1.165) is 33.4 Å². The molecule has 2 heterocycles. The molecule has 5 rings (SSSR count). The first-order valence-corrected chi connectivity index (χ1v) is 18.7. The van der Waals surface area contributed by atoms with Gasteiger partial charge in [0.2, 0.25) is 17.1 Å². The number of methoxy groups -OCH3 is 1. The van der Waals surface area contributed by atoms with Gasteiger partial charge in [-0.2, -0.15) is 22.7 Å². The fourth-order valence-electron chi connectivity index (χ4n) is 5.48. The summed E-state index contributed by atoms with van der Waals surface area (Å²) in [6, 6.07) is 25.7. The van der Waals surface area contributed by atoms with Gasteiger partial charge in [-0.05, 0) is 60.7 Å². The Hall–Kier alpha value is -4.01. The zero-order valence-corrected chi connectivity index (χ0v) is 28.1. The van der Waals surface area contributed by atoms with Crippen LogP contribution in [0.15, 0.2) is 84.7 Å². The van der Waals surface area contributed by atoms with Crippen LogP contribution in [-0.2, 0) is 31.1 Å². The van der Waals surface area contributed by atoms with Crippen LogP contribution in [0.5, 0.6) is 11.5 Å². The maximum absolute atomic E-state index is 12.2. The number of benzene rings is 3. The summed E-state index contributed by atoms with van der Waals surface area (Å²) in [5, 5.41) is 0.934. The molecule has 0 atom stereocenters. The van der Waals surface area contributed by atoms with Gasteiger partial charge in [0, 0.05) is 37.4 Å². The lowest BCUT2D eigenvalue weighted by Crippen LogP contribution is -2.38. The van der Waals surface area contributed by atoms with E-state index in [1.54, 1.807) is 14.0 Å².